The lowest BCUT2D eigenvalue weighted by Crippen LogP contribution is -2.23. The van der Waals surface area contributed by atoms with Gasteiger partial charge in [-0.3, -0.25) is 14.2 Å². The lowest BCUT2D eigenvalue weighted by atomic mass is 10.1. The molecule has 5 nitrogen and oxygen atoms in total. The van der Waals surface area contributed by atoms with Crippen molar-refractivity contribution in [1.29, 1.82) is 0 Å². The molecular weight excluding hydrogens is 258 g/mol. The Kier molecular flexibility index (Phi) is 3.37. The summed E-state index contributed by atoms with van der Waals surface area (Å²) in [4.78, 5) is 25.9. The van der Waals surface area contributed by atoms with Crippen molar-refractivity contribution in [3.05, 3.63) is 52.6 Å². The van der Waals surface area contributed by atoms with Crippen LogP contribution in [-0.4, -0.2) is 20.6 Å². The van der Waals surface area contributed by atoms with Gasteiger partial charge in [0.2, 0.25) is 0 Å². The zero-order valence-corrected chi connectivity index (χ0v) is 9.51. The van der Waals surface area contributed by atoms with E-state index >= 15 is 0 Å². The zero-order chi connectivity index (χ0) is 14.0. The molecule has 0 aliphatic carbocycles. The van der Waals surface area contributed by atoms with Crippen LogP contribution in [0.2, 0.25) is 0 Å². The van der Waals surface area contributed by atoms with Crippen molar-refractivity contribution in [2.45, 2.75) is 6.54 Å². The molecule has 98 valence electrons. The number of hydrogen-bond acceptors (Lipinski definition) is 3. The molecule has 0 aliphatic heterocycles. The summed E-state index contributed by atoms with van der Waals surface area (Å²) < 4.78 is 26.9. The van der Waals surface area contributed by atoms with E-state index in [1.165, 1.54) is 0 Å². The van der Waals surface area contributed by atoms with E-state index in [9.17, 15) is 18.4 Å². The Morgan fingerprint density at radius 1 is 1.21 bits per heavy atom. The highest BCUT2D eigenvalue weighted by atomic mass is 19.1. The van der Waals surface area contributed by atoms with Gasteiger partial charge in [0.15, 0.2) is 0 Å². The average molecular weight is 266 g/mol. The molecule has 0 spiro atoms. The van der Waals surface area contributed by atoms with Crippen LogP contribution in [-0.2, 0) is 11.3 Å². The molecule has 0 unspecified atom stereocenters. The Morgan fingerprint density at radius 2 is 1.84 bits per heavy atom. The van der Waals surface area contributed by atoms with Gasteiger partial charge in [0, 0.05) is 17.7 Å². The SMILES string of the molecule is O=C(O)Cn1cnc(-c2cc(F)cc(F)c2)cc1=O. The number of carboxylic acid groups (broad SMARTS) is 1. The molecule has 7 heteroatoms. The number of aromatic nitrogens is 2. The number of aliphatic carboxylic acids is 1. The maximum atomic E-state index is 13.0. The van der Waals surface area contributed by atoms with E-state index < -0.39 is 29.7 Å². The summed E-state index contributed by atoms with van der Waals surface area (Å²) >= 11 is 0. The summed E-state index contributed by atoms with van der Waals surface area (Å²) in [6.45, 7) is -0.524. The smallest absolute Gasteiger partial charge is 0.323 e. The van der Waals surface area contributed by atoms with Crippen LogP contribution in [0.3, 0.4) is 0 Å². The molecule has 0 saturated heterocycles. The number of benzene rings is 1. The van der Waals surface area contributed by atoms with Crippen molar-refractivity contribution in [2.75, 3.05) is 0 Å². The highest BCUT2D eigenvalue weighted by molar-refractivity contribution is 5.66. The van der Waals surface area contributed by atoms with Crippen LogP contribution in [0.25, 0.3) is 11.3 Å². The first-order valence-electron chi connectivity index (χ1n) is 5.20. The number of hydrogen-bond donors (Lipinski definition) is 1. The number of nitrogens with zero attached hydrogens (tertiary/aromatic N) is 2. The summed E-state index contributed by atoms with van der Waals surface area (Å²) in [6, 6.07) is 3.80. The third-order valence-corrected chi connectivity index (χ3v) is 2.34. The van der Waals surface area contributed by atoms with Gasteiger partial charge < -0.3 is 5.11 Å². The minimum atomic E-state index is -1.19. The summed E-state index contributed by atoms with van der Waals surface area (Å²) in [5.41, 5.74) is -0.431. The monoisotopic (exact) mass is 266 g/mol. The fourth-order valence-corrected chi connectivity index (χ4v) is 1.55. The van der Waals surface area contributed by atoms with Crippen LogP contribution in [0.5, 0.6) is 0 Å². The Morgan fingerprint density at radius 3 is 2.37 bits per heavy atom. The summed E-state index contributed by atoms with van der Waals surface area (Å²) in [5.74, 6) is -2.76. The van der Waals surface area contributed by atoms with Crippen LogP contribution in [0.15, 0.2) is 35.4 Å². The first-order chi connectivity index (χ1) is 8.95. The maximum Gasteiger partial charge on any atom is 0.323 e. The van der Waals surface area contributed by atoms with E-state index in [1.54, 1.807) is 0 Å². The van der Waals surface area contributed by atoms with Gasteiger partial charge in [-0.1, -0.05) is 0 Å². The van der Waals surface area contributed by atoms with Gasteiger partial charge in [-0.2, -0.15) is 0 Å². The fraction of sp³-hybridized carbons (Fsp3) is 0.0833. The van der Waals surface area contributed by atoms with Crippen molar-refractivity contribution in [2.24, 2.45) is 0 Å². The molecule has 0 amide bonds. The summed E-state index contributed by atoms with van der Waals surface area (Å²) in [7, 11) is 0. The van der Waals surface area contributed by atoms with Crippen molar-refractivity contribution >= 4 is 5.97 Å². The molecule has 1 aromatic heterocycles. The van der Waals surface area contributed by atoms with Gasteiger partial charge in [-0.05, 0) is 12.1 Å². The second kappa shape index (κ2) is 4.97. The first-order valence-corrected chi connectivity index (χ1v) is 5.20. The van der Waals surface area contributed by atoms with E-state index in [1.807, 2.05) is 0 Å². The quantitative estimate of drug-likeness (QED) is 0.908. The van der Waals surface area contributed by atoms with Crippen molar-refractivity contribution in [3.63, 3.8) is 0 Å². The number of carbonyl (C=O) groups is 1. The Bertz CT molecular complexity index is 677. The molecule has 1 N–H and O–H groups in total. The Hall–Kier alpha value is -2.57. The Balaban J connectivity index is 2.44. The minimum Gasteiger partial charge on any atom is -0.480 e. The molecule has 0 fully saturated rings. The van der Waals surface area contributed by atoms with E-state index in [-0.39, 0.29) is 11.3 Å². The zero-order valence-electron chi connectivity index (χ0n) is 9.51. The van der Waals surface area contributed by atoms with Crippen LogP contribution < -0.4 is 5.56 Å². The van der Waals surface area contributed by atoms with Crippen LogP contribution >= 0.6 is 0 Å². The van der Waals surface area contributed by atoms with E-state index in [0.29, 0.717) is 6.07 Å². The molecule has 2 aromatic rings. The molecule has 0 aliphatic rings. The van der Waals surface area contributed by atoms with E-state index in [0.717, 1.165) is 29.1 Å². The van der Waals surface area contributed by atoms with Gasteiger partial charge in [0.05, 0.1) is 12.0 Å². The van der Waals surface area contributed by atoms with Crippen molar-refractivity contribution in [1.82, 2.24) is 9.55 Å². The number of rotatable bonds is 3. The lowest BCUT2D eigenvalue weighted by molar-refractivity contribution is -0.137. The fourth-order valence-electron chi connectivity index (χ4n) is 1.55. The standard InChI is InChI=1S/C12H8F2N2O3/c13-8-1-7(2-9(14)3-8)10-4-11(17)16(6-15-10)5-12(18)19/h1-4,6H,5H2,(H,18,19). The largest absolute Gasteiger partial charge is 0.480 e. The van der Waals surface area contributed by atoms with E-state index in [4.69, 9.17) is 5.11 Å². The summed E-state index contributed by atoms with van der Waals surface area (Å²) in [5, 5.41) is 8.56. The highest BCUT2D eigenvalue weighted by Crippen LogP contribution is 2.17. The first kappa shape index (κ1) is 12.9. The predicted molar refractivity (Wildman–Crippen MR) is 61.5 cm³/mol. The van der Waals surface area contributed by atoms with Gasteiger partial charge in [-0.15, -0.1) is 0 Å². The summed E-state index contributed by atoms with van der Waals surface area (Å²) in [6.07, 6.45) is 1.02. The Labute approximate surface area is 105 Å². The molecule has 19 heavy (non-hydrogen) atoms. The molecular formula is C12H8F2N2O3. The van der Waals surface area contributed by atoms with Crippen LogP contribution in [0.1, 0.15) is 0 Å². The van der Waals surface area contributed by atoms with Gasteiger partial charge >= 0.3 is 5.97 Å². The molecule has 1 heterocycles. The predicted octanol–water partition coefficient (Wildman–Crippen LogP) is 1.27. The molecule has 0 bridgehead atoms. The highest BCUT2D eigenvalue weighted by Gasteiger charge is 2.08. The molecule has 2 rings (SSSR count). The number of halogens is 2. The van der Waals surface area contributed by atoms with Gasteiger partial charge in [0.1, 0.15) is 18.2 Å². The van der Waals surface area contributed by atoms with Crippen molar-refractivity contribution < 1.29 is 18.7 Å². The minimum absolute atomic E-state index is 0.0741. The van der Waals surface area contributed by atoms with Crippen LogP contribution in [0, 0.1) is 11.6 Å². The molecule has 1 aromatic carbocycles. The average Bonchev–Trinajstić information content (AvgIpc) is 2.30. The maximum absolute atomic E-state index is 13.0. The van der Waals surface area contributed by atoms with Crippen molar-refractivity contribution in [3.8, 4) is 11.3 Å². The molecule has 0 radical (unpaired) electrons. The van der Waals surface area contributed by atoms with Gasteiger partial charge in [-0.25, -0.2) is 13.8 Å². The van der Waals surface area contributed by atoms with Crippen LogP contribution in [0.4, 0.5) is 8.78 Å². The third kappa shape index (κ3) is 3.01. The topological polar surface area (TPSA) is 72.2 Å². The lowest BCUT2D eigenvalue weighted by Gasteiger charge is -2.04. The normalized spacial score (nSPS) is 10.4. The molecule has 0 saturated carbocycles. The van der Waals surface area contributed by atoms with E-state index in [2.05, 4.69) is 4.98 Å². The second-order valence-electron chi connectivity index (χ2n) is 3.79. The van der Waals surface area contributed by atoms with Gasteiger partial charge in [0.25, 0.3) is 5.56 Å². The molecule has 0 atom stereocenters. The number of carboxylic acids is 1. The second-order valence-corrected chi connectivity index (χ2v) is 3.79. The third-order valence-electron chi connectivity index (χ3n) is 2.34.